The molecule has 4 N–H and O–H groups in total. The predicted molar refractivity (Wildman–Crippen MR) is 151 cm³/mol. The molecule has 0 bridgehead atoms. The van der Waals surface area contributed by atoms with Crippen molar-refractivity contribution in [1.82, 2.24) is 19.9 Å². The van der Waals surface area contributed by atoms with Crippen molar-refractivity contribution in [2.75, 3.05) is 10.6 Å². The molecule has 4 aliphatic rings. The van der Waals surface area contributed by atoms with Crippen molar-refractivity contribution in [1.29, 1.82) is 0 Å². The van der Waals surface area contributed by atoms with Crippen molar-refractivity contribution in [2.45, 2.75) is 99.5 Å². The number of fused-ring (bicyclic) bond motifs is 2. The molecule has 0 amide bonds. The van der Waals surface area contributed by atoms with E-state index in [9.17, 15) is 18.6 Å². The lowest BCUT2D eigenvalue weighted by molar-refractivity contribution is 0.00549. The Morgan fingerprint density at radius 3 is 2.51 bits per heavy atom. The third kappa shape index (κ3) is 3.97. The van der Waals surface area contributed by atoms with E-state index in [4.69, 9.17) is 15.0 Å². The van der Waals surface area contributed by atoms with Crippen LogP contribution in [0.3, 0.4) is 0 Å². The zero-order chi connectivity index (χ0) is 27.3. The van der Waals surface area contributed by atoms with Crippen molar-refractivity contribution >= 4 is 43.2 Å². The van der Waals surface area contributed by atoms with Gasteiger partial charge in [-0.1, -0.05) is 0 Å². The number of nitrogens with zero attached hydrogens (tertiary/aromatic N) is 4. The number of aliphatic hydroxyl groups is 2. The maximum absolute atomic E-state index is 12.8. The summed E-state index contributed by atoms with van der Waals surface area (Å²) in [5, 5.41) is 28.5. The van der Waals surface area contributed by atoms with Crippen molar-refractivity contribution in [3.8, 4) is 10.6 Å². The molecular weight excluding hydrogens is 536 g/mol. The Morgan fingerprint density at radius 2 is 1.90 bits per heavy atom. The first-order valence-electron chi connectivity index (χ1n) is 13.9. The highest BCUT2D eigenvalue weighted by molar-refractivity contribution is 7.93. The van der Waals surface area contributed by atoms with Crippen LogP contribution in [0.15, 0.2) is 12.3 Å². The molecule has 5 atom stereocenters. The monoisotopic (exact) mass is 570 g/mol. The van der Waals surface area contributed by atoms with E-state index in [0.717, 1.165) is 57.9 Å². The predicted octanol–water partition coefficient (Wildman–Crippen LogP) is 3.40. The highest BCUT2D eigenvalue weighted by Crippen LogP contribution is 2.60. The van der Waals surface area contributed by atoms with Gasteiger partial charge in [-0.2, -0.15) is 4.98 Å². The van der Waals surface area contributed by atoms with Crippen LogP contribution in [0.1, 0.15) is 69.7 Å². The second-order valence-corrected chi connectivity index (χ2v) is 15.6. The third-order valence-corrected chi connectivity index (χ3v) is 12.8. The molecule has 0 radical (unpaired) electrons. The molecule has 208 valence electrons. The van der Waals surface area contributed by atoms with Gasteiger partial charge in [0.2, 0.25) is 5.95 Å². The van der Waals surface area contributed by atoms with Gasteiger partial charge in [-0.3, -0.25) is 4.98 Å². The van der Waals surface area contributed by atoms with Gasteiger partial charge >= 0.3 is 0 Å². The molecule has 39 heavy (non-hydrogen) atoms. The molecule has 0 saturated heterocycles. The summed E-state index contributed by atoms with van der Waals surface area (Å²) in [5.41, 5.74) is 1.82. The number of nitrogens with one attached hydrogen (secondary N) is 2. The maximum atomic E-state index is 12.8. The number of aryl methyl sites for hydroxylation is 1. The lowest BCUT2D eigenvalue weighted by Crippen LogP contribution is -2.44. The van der Waals surface area contributed by atoms with Crippen LogP contribution in [0, 0.1) is 12.8 Å². The minimum absolute atomic E-state index is 0.331. The van der Waals surface area contributed by atoms with Crippen LogP contribution in [0.4, 0.5) is 11.8 Å². The van der Waals surface area contributed by atoms with E-state index >= 15 is 0 Å². The maximum Gasteiger partial charge on any atom is 0.225 e. The Balaban J connectivity index is 1.24. The van der Waals surface area contributed by atoms with E-state index in [1.54, 1.807) is 25.2 Å². The van der Waals surface area contributed by atoms with Gasteiger partial charge in [0.05, 0.1) is 38.2 Å². The lowest BCUT2D eigenvalue weighted by atomic mass is 9.93. The quantitative estimate of drug-likeness (QED) is 0.317. The second kappa shape index (κ2) is 8.79. The van der Waals surface area contributed by atoms with Gasteiger partial charge in [0.25, 0.3) is 0 Å². The normalized spacial score (nSPS) is 30.4. The Kier molecular flexibility index (Phi) is 5.76. The zero-order valence-electron chi connectivity index (χ0n) is 22.3. The first-order valence-corrected chi connectivity index (χ1v) is 16.3. The average Bonchev–Trinajstić information content (AvgIpc) is 3.73. The summed E-state index contributed by atoms with van der Waals surface area (Å²) >= 11 is 1.57. The Hall–Kier alpha value is -2.41. The first kappa shape index (κ1) is 25.6. The number of rotatable bonds is 8. The molecule has 4 fully saturated rings. The fraction of sp³-hybridized carbons (Fsp3) is 0.630. The Bertz CT molecular complexity index is 1570. The number of hydrogen-bond donors (Lipinski definition) is 4. The second-order valence-electron chi connectivity index (χ2n) is 11.9. The molecule has 0 spiro atoms. The summed E-state index contributed by atoms with van der Waals surface area (Å²) in [6.45, 7) is 5.16. The van der Waals surface area contributed by atoms with Crippen molar-refractivity contribution < 1.29 is 18.6 Å². The van der Waals surface area contributed by atoms with Gasteiger partial charge in [0.15, 0.2) is 9.84 Å². The average molecular weight is 571 g/mol. The molecule has 7 rings (SSSR count). The van der Waals surface area contributed by atoms with Crippen molar-refractivity contribution in [2.24, 2.45) is 5.92 Å². The van der Waals surface area contributed by atoms with Crippen LogP contribution in [0.2, 0.25) is 0 Å². The summed E-state index contributed by atoms with van der Waals surface area (Å²) < 4.78 is 26.7. The largest absolute Gasteiger partial charge is 0.388 e. The highest BCUT2D eigenvalue weighted by Gasteiger charge is 2.78. The van der Waals surface area contributed by atoms with Gasteiger partial charge in [-0.15, -0.1) is 11.3 Å². The number of aromatic nitrogens is 4. The first-order chi connectivity index (χ1) is 18.6. The molecule has 3 heterocycles. The van der Waals surface area contributed by atoms with Gasteiger partial charge in [0.1, 0.15) is 28.0 Å². The van der Waals surface area contributed by atoms with Gasteiger partial charge in [0, 0.05) is 24.1 Å². The fourth-order valence-electron chi connectivity index (χ4n) is 6.33. The summed E-state index contributed by atoms with van der Waals surface area (Å²) in [6.07, 6.45) is 6.52. The lowest BCUT2D eigenvalue weighted by Gasteiger charge is -2.28. The standard InChI is InChI=1S/C27H34N6O4S2/c1-12(2)39(36,37)23-16-11-17(22(34)27(16,23)35)31-24-19(13(3)29-26(33-24)30-15-5-4-6-15)25-32-21-18(38-25)9-10-28-20(21)14-7-8-14/h9-10,12,14-17,22-23,34-35H,4-8,11H2,1-3H3,(H2,29,30,31,33)/t16-,17-,22+,23?,27-/m1/s1. The highest BCUT2D eigenvalue weighted by atomic mass is 32.2. The smallest absolute Gasteiger partial charge is 0.225 e. The van der Waals surface area contributed by atoms with Crippen LogP contribution in [0.25, 0.3) is 20.8 Å². The molecule has 3 aromatic heterocycles. The molecular formula is C27H34N6O4S2. The van der Waals surface area contributed by atoms with Gasteiger partial charge in [-0.25, -0.2) is 18.4 Å². The van der Waals surface area contributed by atoms with Crippen molar-refractivity contribution in [3.63, 3.8) is 0 Å². The third-order valence-electron chi connectivity index (χ3n) is 9.04. The van der Waals surface area contributed by atoms with E-state index in [-0.39, 0.29) is 0 Å². The van der Waals surface area contributed by atoms with E-state index < -0.39 is 44.0 Å². The summed E-state index contributed by atoms with van der Waals surface area (Å²) in [7, 11) is -3.53. The zero-order valence-corrected chi connectivity index (χ0v) is 23.9. The molecule has 4 saturated carbocycles. The Morgan fingerprint density at radius 1 is 1.13 bits per heavy atom. The van der Waals surface area contributed by atoms with Gasteiger partial charge < -0.3 is 20.8 Å². The molecule has 3 aromatic rings. The molecule has 12 heteroatoms. The summed E-state index contributed by atoms with van der Waals surface area (Å²) in [4.78, 5) is 19.2. The van der Waals surface area contributed by atoms with E-state index in [2.05, 4.69) is 15.6 Å². The number of thiazole rings is 1. The molecule has 0 aliphatic heterocycles. The minimum Gasteiger partial charge on any atom is -0.388 e. The number of hydrogen-bond acceptors (Lipinski definition) is 11. The summed E-state index contributed by atoms with van der Waals surface area (Å²) in [6, 6.07) is 1.77. The van der Waals surface area contributed by atoms with E-state index in [1.807, 2.05) is 19.2 Å². The molecule has 10 nitrogen and oxygen atoms in total. The topological polar surface area (TPSA) is 150 Å². The number of pyridine rings is 1. The van der Waals surface area contributed by atoms with Crippen LogP contribution in [-0.4, -0.2) is 72.9 Å². The van der Waals surface area contributed by atoms with Gasteiger partial charge in [-0.05, 0) is 65.4 Å². The fourth-order valence-corrected chi connectivity index (χ4v) is 9.53. The van der Waals surface area contributed by atoms with Crippen LogP contribution in [-0.2, 0) is 9.84 Å². The number of aliphatic hydroxyl groups excluding tert-OH is 1. The number of sulfone groups is 1. The molecule has 1 unspecified atom stereocenters. The summed E-state index contributed by atoms with van der Waals surface area (Å²) in [5.74, 6) is 0.998. The molecule has 4 aliphatic carbocycles. The van der Waals surface area contributed by atoms with Crippen LogP contribution >= 0.6 is 11.3 Å². The minimum atomic E-state index is -3.53. The van der Waals surface area contributed by atoms with E-state index in [1.165, 1.54) is 6.42 Å². The number of anilines is 2. The van der Waals surface area contributed by atoms with Crippen LogP contribution in [0.5, 0.6) is 0 Å². The molecule has 0 aromatic carbocycles. The SMILES string of the molecule is Cc1nc(NC2CCC2)nc(N[C@@H]2C[C@@H]3C(S(=O)(=O)C(C)C)[C@]3(O)[C@H]2O)c1-c1nc2c(C3CC3)nccc2s1. The van der Waals surface area contributed by atoms with E-state index in [0.29, 0.717) is 30.1 Å². The van der Waals surface area contributed by atoms with Crippen LogP contribution < -0.4 is 10.6 Å². The Labute approximate surface area is 231 Å². The van der Waals surface area contributed by atoms with Crippen molar-refractivity contribution in [3.05, 3.63) is 23.7 Å².